The van der Waals surface area contributed by atoms with Crippen molar-refractivity contribution in [3.8, 4) is 11.5 Å². The summed E-state index contributed by atoms with van der Waals surface area (Å²) in [5.74, 6) is -0.250. The number of thiazole rings is 1. The molecule has 0 atom stereocenters. The standard InChI is InChI=1S/C22H19BrN2O5S/c1-29-18-10-15(9-17(23)21(18)30-12-14-5-3-2-4-6-14)7-8-19(26)25-22-24-16(13-31-22)11-20(27)28/h2-10,13H,11-12H2,1H3,(H,27,28)(H,24,25,26)/b8-7+. The van der Waals surface area contributed by atoms with Gasteiger partial charge in [0.05, 0.1) is 23.7 Å². The Hall–Kier alpha value is -3.17. The average molecular weight is 503 g/mol. The number of aromatic nitrogens is 1. The first-order valence-electron chi connectivity index (χ1n) is 9.14. The average Bonchev–Trinajstić information content (AvgIpc) is 3.17. The molecule has 1 heterocycles. The molecule has 0 aliphatic rings. The number of carboxylic acid groups (broad SMARTS) is 1. The van der Waals surface area contributed by atoms with Gasteiger partial charge in [0.25, 0.3) is 0 Å². The molecule has 0 bridgehead atoms. The number of methoxy groups -OCH3 is 1. The van der Waals surface area contributed by atoms with Crippen LogP contribution >= 0.6 is 27.3 Å². The van der Waals surface area contributed by atoms with Crippen LogP contribution in [0.3, 0.4) is 0 Å². The summed E-state index contributed by atoms with van der Waals surface area (Å²) >= 11 is 4.67. The number of aliphatic carboxylic acids is 1. The van der Waals surface area contributed by atoms with E-state index in [-0.39, 0.29) is 12.3 Å². The predicted octanol–water partition coefficient (Wildman–Crippen LogP) is 4.77. The molecule has 0 saturated carbocycles. The van der Waals surface area contributed by atoms with Crippen molar-refractivity contribution >= 4 is 50.4 Å². The Bertz CT molecular complexity index is 1100. The van der Waals surface area contributed by atoms with Crippen molar-refractivity contribution in [2.45, 2.75) is 13.0 Å². The highest BCUT2D eigenvalue weighted by Gasteiger charge is 2.12. The Morgan fingerprint density at radius 3 is 2.74 bits per heavy atom. The first-order valence-corrected chi connectivity index (χ1v) is 10.8. The van der Waals surface area contributed by atoms with Gasteiger partial charge >= 0.3 is 5.97 Å². The maximum absolute atomic E-state index is 12.2. The normalized spacial score (nSPS) is 10.8. The van der Waals surface area contributed by atoms with Gasteiger partial charge in [0.15, 0.2) is 16.6 Å². The molecule has 3 rings (SSSR count). The lowest BCUT2D eigenvalue weighted by Crippen LogP contribution is -2.08. The number of amides is 1. The summed E-state index contributed by atoms with van der Waals surface area (Å²) in [6.07, 6.45) is 2.81. The molecule has 2 aromatic carbocycles. The van der Waals surface area contributed by atoms with E-state index in [1.54, 1.807) is 24.6 Å². The van der Waals surface area contributed by atoms with Gasteiger partial charge in [-0.1, -0.05) is 30.3 Å². The van der Waals surface area contributed by atoms with E-state index in [0.29, 0.717) is 33.4 Å². The van der Waals surface area contributed by atoms with E-state index in [4.69, 9.17) is 14.6 Å². The van der Waals surface area contributed by atoms with Gasteiger partial charge in [-0.05, 0) is 45.3 Å². The van der Waals surface area contributed by atoms with E-state index in [1.807, 2.05) is 36.4 Å². The number of nitrogens with one attached hydrogen (secondary N) is 1. The summed E-state index contributed by atoms with van der Waals surface area (Å²) in [4.78, 5) is 27.0. The minimum absolute atomic E-state index is 0.186. The fraction of sp³-hybridized carbons (Fsp3) is 0.136. The summed E-state index contributed by atoms with van der Waals surface area (Å²) in [5.41, 5.74) is 2.17. The van der Waals surface area contributed by atoms with E-state index < -0.39 is 5.97 Å². The highest BCUT2D eigenvalue weighted by atomic mass is 79.9. The maximum Gasteiger partial charge on any atom is 0.309 e. The number of hydrogen-bond donors (Lipinski definition) is 2. The van der Waals surface area contributed by atoms with Crippen molar-refractivity contribution in [1.82, 2.24) is 4.98 Å². The van der Waals surface area contributed by atoms with Gasteiger partial charge in [-0.2, -0.15) is 0 Å². The smallest absolute Gasteiger partial charge is 0.309 e. The zero-order valence-corrected chi connectivity index (χ0v) is 18.9. The van der Waals surface area contributed by atoms with Crippen LogP contribution in [-0.4, -0.2) is 29.1 Å². The second-order valence-corrected chi connectivity index (χ2v) is 8.06. The molecule has 0 spiro atoms. The number of hydrogen-bond acceptors (Lipinski definition) is 6. The van der Waals surface area contributed by atoms with Crippen LogP contribution in [-0.2, 0) is 22.6 Å². The lowest BCUT2D eigenvalue weighted by atomic mass is 10.2. The SMILES string of the molecule is COc1cc(/C=C/C(=O)Nc2nc(CC(=O)O)cs2)cc(Br)c1OCc1ccccc1. The molecule has 1 amide bonds. The zero-order chi connectivity index (χ0) is 22.2. The zero-order valence-electron chi connectivity index (χ0n) is 16.5. The molecule has 0 aliphatic heterocycles. The van der Waals surface area contributed by atoms with Crippen LogP contribution < -0.4 is 14.8 Å². The van der Waals surface area contributed by atoms with E-state index in [9.17, 15) is 9.59 Å². The number of carboxylic acids is 1. The van der Waals surface area contributed by atoms with Gasteiger partial charge in [0, 0.05) is 11.5 Å². The predicted molar refractivity (Wildman–Crippen MR) is 123 cm³/mol. The summed E-state index contributed by atoms with van der Waals surface area (Å²) in [5, 5.41) is 13.4. The van der Waals surface area contributed by atoms with Crippen molar-refractivity contribution in [1.29, 1.82) is 0 Å². The minimum Gasteiger partial charge on any atom is -0.493 e. The van der Waals surface area contributed by atoms with Crippen molar-refractivity contribution in [2.24, 2.45) is 0 Å². The number of rotatable bonds is 9. The second-order valence-electron chi connectivity index (χ2n) is 6.35. The number of ether oxygens (including phenoxy) is 2. The molecule has 0 radical (unpaired) electrons. The fourth-order valence-corrected chi connectivity index (χ4v) is 3.91. The monoisotopic (exact) mass is 502 g/mol. The summed E-state index contributed by atoms with van der Waals surface area (Å²) in [6, 6.07) is 13.4. The van der Waals surface area contributed by atoms with Crippen LogP contribution in [0.25, 0.3) is 6.08 Å². The molecule has 1 aromatic heterocycles. The molecule has 160 valence electrons. The molecule has 3 aromatic rings. The Balaban J connectivity index is 1.66. The van der Waals surface area contributed by atoms with Crippen LogP contribution in [0.1, 0.15) is 16.8 Å². The van der Waals surface area contributed by atoms with Crippen LogP contribution in [0.4, 0.5) is 5.13 Å². The molecule has 31 heavy (non-hydrogen) atoms. The number of carbonyl (C=O) groups is 2. The quantitative estimate of drug-likeness (QED) is 0.409. The number of carbonyl (C=O) groups excluding carboxylic acids is 1. The first-order chi connectivity index (χ1) is 14.9. The van der Waals surface area contributed by atoms with Gasteiger partial charge in [-0.15, -0.1) is 11.3 Å². The summed E-state index contributed by atoms with van der Waals surface area (Å²) < 4.78 is 12.1. The van der Waals surface area contributed by atoms with Gasteiger partial charge in [-0.3, -0.25) is 14.9 Å². The van der Waals surface area contributed by atoms with Crippen molar-refractivity contribution in [2.75, 3.05) is 12.4 Å². The van der Waals surface area contributed by atoms with Gasteiger partial charge < -0.3 is 14.6 Å². The topological polar surface area (TPSA) is 97.8 Å². The third kappa shape index (κ3) is 6.66. The molecule has 9 heteroatoms. The van der Waals surface area contributed by atoms with Crippen LogP contribution in [0.15, 0.2) is 58.4 Å². The Morgan fingerprint density at radius 1 is 1.26 bits per heavy atom. The molecule has 0 unspecified atom stereocenters. The Kier molecular flexibility index (Phi) is 7.80. The highest BCUT2D eigenvalue weighted by molar-refractivity contribution is 9.10. The molecule has 2 N–H and O–H groups in total. The number of benzene rings is 2. The van der Waals surface area contributed by atoms with Crippen molar-refractivity contribution < 1.29 is 24.2 Å². The molecule has 0 saturated heterocycles. The minimum atomic E-state index is -0.973. The van der Waals surface area contributed by atoms with E-state index >= 15 is 0 Å². The summed E-state index contributed by atoms with van der Waals surface area (Å²) in [6.45, 7) is 0.394. The Morgan fingerprint density at radius 2 is 2.03 bits per heavy atom. The number of anilines is 1. The van der Waals surface area contributed by atoms with E-state index in [2.05, 4.69) is 26.2 Å². The molecule has 7 nitrogen and oxygen atoms in total. The summed E-state index contributed by atoms with van der Waals surface area (Å²) in [7, 11) is 1.55. The third-order valence-electron chi connectivity index (χ3n) is 4.02. The third-order valence-corrected chi connectivity index (χ3v) is 5.41. The van der Waals surface area contributed by atoms with Gasteiger partial charge in [-0.25, -0.2) is 4.98 Å². The van der Waals surface area contributed by atoms with Crippen molar-refractivity contribution in [3.05, 3.63) is 75.2 Å². The van der Waals surface area contributed by atoms with Crippen LogP contribution in [0.2, 0.25) is 0 Å². The molecular formula is C22H19BrN2O5S. The fourth-order valence-electron chi connectivity index (χ4n) is 2.63. The number of halogens is 1. The largest absolute Gasteiger partial charge is 0.493 e. The molecular weight excluding hydrogens is 484 g/mol. The van der Waals surface area contributed by atoms with Crippen LogP contribution in [0.5, 0.6) is 11.5 Å². The van der Waals surface area contributed by atoms with E-state index in [1.165, 1.54) is 17.4 Å². The van der Waals surface area contributed by atoms with Gasteiger partial charge in [0.2, 0.25) is 5.91 Å². The lowest BCUT2D eigenvalue weighted by molar-refractivity contribution is -0.136. The number of nitrogens with zero attached hydrogens (tertiary/aromatic N) is 1. The Labute approximate surface area is 191 Å². The first kappa shape index (κ1) is 22.5. The highest BCUT2D eigenvalue weighted by Crippen LogP contribution is 2.37. The van der Waals surface area contributed by atoms with Crippen molar-refractivity contribution in [3.63, 3.8) is 0 Å². The second kappa shape index (κ2) is 10.7. The van der Waals surface area contributed by atoms with Gasteiger partial charge in [0.1, 0.15) is 6.61 Å². The molecule has 0 aliphatic carbocycles. The maximum atomic E-state index is 12.2. The lowest BCUT2D eigenvalue weighted by Gasteiger charge is -2.13. The van der Waals surface area contributed by atoms with Crippen LogP contribution in [0, 0.1) is 0 Å². The molecule has 0 fully saturated rings. The van der Waals surface area contributed by atoms with E-state index in [0.717, 1.165) is 11.1 Å².